The maximum Gasteiger partial charge on any atom is 0.234 e. The zero-order valence-corrected chi connectivity index (χ0v) is 23.8. The molecule has 5 rings (SSSR count). The van der Waals surface area contributed by atoms with Crippen molar-refractivity contribution in [2.75, 3.05) is 30.1 Å². The van der Waals surface area contributed by atoms with Crippen molar-refractivity contribution in [3.8, 4) is 0 Å². The van der Waals surface area contributed by atoms with Gasteiger partial charge in [-0.3, -0.25) is 9.69 Å². The molecular formula is C35H33ClN2O3. The zero-order chi connectivity index (χ0) is 28.9. The van der Waals surface area contributed by atoms with E-state index >= 15 is 0 Å². The van der Waals surface area contributed by atoms with Gasteiger partial charge in [0.25, 0.3) is 0 Å². The number of carbonyl (C=O) groups excluding carboxylic acids is 1. The number of hydrogen-bond donors (Lipinski definition) is 1. The maximum absolute atomic E-state index is 13.9. The molecule has 1 amide bonds. The summed E-state index contributed by atoms with van der Waals surface area (Å²) in [6.07, 6.45) is 1.34. The fourth-order valence-corrected chi connectivity index (χ4v) is 5.18. The number of nitrogens with zero attached hydrogens (tertiary/aromatic N) is 2. The quantitative estimate of drug-likeness (QED) is 0.217. The molecule has 0 radical (unpaired) electrons. The molecule has 1 saturated heterocycles. The van der Waals surface area contributed by atoms with Gasteiger partial charge >= 0.3 is 0 Å². The van der Waals surface area contributed by atoms with Crippen molar-refractivity contribution in [3.63, 3.8) is 0 Å². The van der Waals surface area contributed by atoms with Crippen LogP contribution in [0.2, 0.25) is 5.02 Å². The Bertz CT molecular complexity index is 1540. The molecule has 1 aliphatic rings. The van der Waals surface area contributed by atoms with E-state index in [9.17, 15) is 9.90 Å². The minimum Gasteiger partial charge on any atom is -0.508 e. The van der Waals surface area contributed by atoms with Gasteiger partial charge in [0.1, 0.15) is 5.76 Å². The summed E-state index contributed by atoms with van der Waals surface area (Å²) in [6, 6.07) is 31.0. The predicted molar refractivity (Wildman–Crippen MR) is 169 cm³/mol. The van der Waals surface area contributed by atoms with E-state index in [1.807, 2.05) is 98.0 Å². The Morgan fingerprint density at radius 1 is 0.780 bits per heavy atom. The number of hydrogen-bond acceptors (Lipinski definition) is 4. The predicted octanol–water partition coefficient (Wildman–Crippen LogP) is 8.79. The highest BCUT2D eigenvalue weighted by molar-refractivity contribution is 6.30. The second-order valence-corrected chi connectivity index (χ2v) is 10.6. The maximum atomic E-state index is 13.9. The van der Waals surface area contributed by atoms with Crippen molar-refractivity contribution in [2.24, 2.45) is 5.92 Å². The van der Waals surface area contributed by atoms with Gasteiger partial charge in [-0.15, -0.1) is 0 Å². The Hall–Kier alpha value is -4.32. The van der Waals surface area contributed by atoms with E-state index in [4.69, 9.17) is 16.3 Å². The minimum atomic E-state index is -0.151. The lowest BCUT2D eigenvalue weighted by Gasteiger charge is -2.30. The molecule has 0 atom stereocenters. The summed E-state index contributed by atoms with van der Waals surface area (Å²) in [4.78, 5) is 17.7. The van der Waals surface area contributed by atoms with E-state index in [1.165, 1.54) is 0 Å². The highest BCUT2D eigenvalue weighted by atomic mass is 35.5. The van der Waals surface area contributed by atoms with Gasteiger partial charge in [-0.2, -0.15) is 0 Å². The molecule has 208 valence electrons. The fourth-order valence-electron chi connectivity index (χ4n) is 5.06. The van der Waals surface area contributed by atoms with E-state index in [-0.39, 0.29) is 17.6 Å². The molecular weight excluding hydrogens is 532 g/mol. The first-order valence-electron chi connectivity index (χ1n) is 13.6. The number of ether oxygens (including phenoxy) is 1. The molecule has 1 heterocycles. The number of aliphatic hydroxyl groups is 1. The fraction of sp³-hybridized carbons (Fsp3) is 0.171. The normalized spacial score (nSPS) is 13.4. The Kier molecular flexibility index (Phi) is 8.58. The third-order valence-corrected chi connectivity index (χ3v) is 7.73. The standard InChI is InChI=1S/C35H33ClN2O3/c1-24(26-9-13-31(14-10-26)37(3)32-15-11-30(36)12-16-32)28-21-29(25(2)39)23-34(22-28)38(33-7-5-4-6-8-33)35(40)27-17-19-41-20-18-27/h4-16,21-23,27,39H,1-2,17-20H2,3H3. The first-order valence-corrected chi connectivity index (χ1v) is 14.0. The molecule has 1 fully saturated rings. The van der Waals surface area contributed by atoms with Crippen molar-refractivity contribution in [3.05, 3.63) is 132 Å². The van der Waals surface area contributed by atoms with Gasteiger partial charge in [-0.05, 0) is 96.3 Å². The van der Waals surface area contributed by atoms with Crippen LogP contribution in [0.1, 0.15) is 29.5 Å². The van der Waals surface area contributed by atoms with Crippen LogP contribution in [0.5, 0.6) is 0 Å². The number of halogens is 1. The van der Waals surface area contributed by atoms with Crippen molar-refractivity contribution >= 4 is 51.6 Å². The molecule has 0 saturated carbocycles. The van der Waals surface area contributed by atoms with E-state index in [0.717, 1.165) is 33.8 Å². The molecule has 41 heavy (non-hydrogen) atoms. The van der Waals surface area contributed by atoms with Crippen LogP contribution in [0.4, 0.5) is 22.7 Å². The summed E-state index contributed by atoms with van der Waals surface area (Å²) in [6.45, 7) is 9.28. The van der Waals surface area contributed by atoms with E-state index < -0.39 is 0 Å². The van der Waals surface area contributed by atoms with Crippen LogP contribution in [-0.4, -0.2) is 31.3 Å². The van der Waals surface area contributed by atoms with Gasteiger partial charge in [0, 0.05) is 53.8 Å². The van der Waals surface area contributed by atoms with Crippen LogP contribution in [-0.2, 0) is 9.53 Å². The SMILES string of the molecule is C=C(O)c1cc(C(=C)c2ccc(N(C)c3ccc(Cl)cc3)cc2)cc(N(C(=O)C2CCOCC2)c2ccccc2)c1. The van der Waals surface area contributed by atoms with Gasteiger partial charge in [0.15, 0.2) is 0 Å². The molecule has 0 unspecified atom stereocenters. The van der Waals surface area contributed by atoms with Crippen LogP contribution in [0.15, 0.2) is 110 Å². The third-order valence-electron chi connectivity index (χ3n) is 7.48. The smallest absolute Gasteiger partial charge is 0.234 e. The lowest BCUT2D eigenvalue weighted by molar-refractivity contribution is -0.124. The molecule has 6 heteroatoms. The van der Waals surface area contributed by atoms with Crippen LogP contribution in [0.25, 0.3) is 11.3 Å². The van der Waals surface area contributed by atoms with Crippen LogP contribution in [0, 0.1) is 5.92 Å². The summed E-state index contributed by atoms with van der Waals surface area (Å²) < 4.78 is 5.51. The molecule has 1 aliphatic heterocycles. The average molecular weight is 565 g/mol. The molecule has 0 aromatic heterocycles. The number of rotatable bonds is 8. The molecule has 4 aromatic rings. The second kappa shape index (κ2) is 12.5. The van der Waals surface area contributed by atoms with E-state index in [0.29, 0.717) is 42.3 Å². The van der Waals surface area contributed by atoms with Gasteiger partial charge in [-0.1, -0.05) is 55.1 Å². The van der Waals surface area contributed by atoms with Crippen molar-refractivity contribution < 1.29 is 14.6 Å². The number of carbonyl (C=O) groups is 1. The topological polar surface area (TPSA) is 53.0 Å². The zero-order valence-electron chi connectivity index (χ0n) is 23.1. The van der Waals surface area contributed by atoms with Gasteiger partial charge in [0.2, 0.25) is 5.91 Å². The largest absolute Gasteiger partial charge is 0.508 e. The molecule has 1 N–H and O–H groups in total. The second-order valence-electron chi connectivity index (χ2n) is 10.2. The summed E-state index contributed by atoms with van der Waals surface area (Å²) in [5.41, 5.74) is 6.44. The van der Waals surface area contributed by atoms with Crippen LogP contribution in [0.3, 0.4) is 0 Å². The summed E-state index contributed by atoms with van der Waals surface area (Å²) in [7, 11) is 2.00. The van der Waals surface area contributed by atoms with Crippen molar-refractivity contribution in [2.45, 2.75) is 12.8 Å². The van der Waals surface area contributed by atoms with Crippen LogP contribution < -0.4 is 9.80 Å². The molecule has 5 nitrogen and oxygen atoms in total. The summed E-state index contributed by atoms with van der Waals surface area (Å²) in [5, 5.41) is 11.1. The molecule has 4 aromatic carbocycles. The first kappa shape index (κ1) is 28.2. The molecule has 0 bridgehead atoms. The van der Waals surface area contributed by atoms with Crippen LogP contribution >= 0.6 is 11.6 Å². The highest BCUT2D eigenvalue weighted by Gasteiger charge is 2.29. The first-order chi connectivity index (χ1) is 19.8. The van der Waals surface area contributed by atoms with Crippen molar-refractivity contribution in [1.82, 2.24) is 0 Å². The molecule has 0 aliphatic carbocycles. The Labute approximate surface area is 246 Å². The summed E-state index contributed by atoms with van der Waals surface area (Å²) in [5.74, 6) is -0.222. The Morgan fingerprint density at radius 2 is 1.37 bits per heavy atom. The molecule has 0 spiro atoms. The average Bonchev–Trinajstić information content (AvgIpc) is 3.01. The third kappa shape index (κ3) is 6.37. The van der Waals surface area contributed by atoms with Crippen molar-refractivity contribution in [1.29, 1.82) is 0 Å². The highest BCUT2D eigenvalue weighted by Crippen LogP contribution is 2.36. The lowest BCUT2D eigenvalue weighted by atomic mass is 9.94. The number of anilines is 4. The minimum absolute atomic E-state index is 0.00588. The number of amides is 1. The van der Waals surface area contributed by atoms with E-state index in [1.54, 1.807) is 11.0 Å². The Morgan fingerprint density at radius 3 is 1.98 bits per heavy atom. The monoisotopic (exact) mass is 564 g/mol. The van der Waals surface area contributed by atoms with Gasteiger partial charge in [-0.25, -0.2) is 0 Å². The Balaban J connectivity index is 1.50. The number of aliphatic hydroxyl groups excluding tert-OH is 1. The number of para-hydroxylation sites is 1. The van der Waals surface area contributed by atoms with Gasteiger partial charge < -0.3 is 14.7 Å². The lowest BCUT2D eigenvalue weighted by Crippen LogP contribution is -2.35. The summed E-state index contributed by atoms with van der Waals surface area (Å²) >= 11 is 6.05. The van der Waals surface area contributed by atoms with E-state index in [2.05, 4.69) is 18.1 Å². The number of benzene rings is 4. The van der Waals surface area contributed by atoms with Gasteiger partial charge in [0.05, 0.1) is 5.69 Å².